The van der Waals surface area contributed by atoms with Crippen LogP contribution >= 0.6 is 11.6 Å². The van der Waals surface area contributed by atoms with Crippen LogP contribution in [0.4, 0.5) is 23.0 Å². The van der Waals surface area contributed by atoms with E-state index in [9.17, 15) is 0 Å². The van der Waals surface area contributed by atoms with Crippen LogP contribution in [0.3, 0.4) is 0 Å². The number of nitrogens with one attached hydrogen (secondary N) is 2. The molecular weight excluding hydrogens is 402 g/mol. The summed E-state index contributed by atoms with van der Waals surface area (Å²) in [5.41, 5.74) is 4.91. The van der Waals surface area contributed by atoms with Crippen molar-refractivity contribution >= 4 is 40.3 Å². The van der Waals surface area contributed by atoms with Crippen molar-refractivity contribution in [3.63, 3.8) is 0 Å². The number of aliphatic imine (C=N–C) groups is 1. The number of aryl methyl sites for hydroxylation is 1. The molecule has 9 heteroatoms. The molecule has 0 unspecified atom stereocenters. The Morgan fingerprint density at radius 2 is 1.93 bits per heavy atom. The summed E-state index contributed by atoms with van der Waals surface area (Å²) >= 11 is 6.44. The summed E-state index contributed by atoms with van der Waals surface area (Å²) in [5, 5.41) is 11.3. The van der Waals surface area contributed by atoms with Crippen LogP contribution in [0.15, 0.2) is 35.7 Å². The average molecular weight is 426 g/mol. The minimum atomic E-state index is 0.536. The Morgan fingerprint density at radius 1 is 1.13 bits per heavy atom. The van der Waals surface area contributed by atoms with Gasteiger partial charge in [0.2, 0.25) is 0 Å². The van der Waals surface area contributed by atoms with Gasteiger partial charge >= 0.3 is 0 Å². The molecule has 0 spiro atoms. The first kappa shape index (κ1) is 20.3. The second-order valence-electron chi connectivity index (χ2n) is 6.67. The molecular formula is C21H24ClN7O. The molecule has 0 atom stereocenters. The van der Waals surface area contributed by atoms with E-state index >= 15 is 0 Å². The number of hydrogen-bond donors (Lipinski definition) is 2. The molecule has 3 aromatic rings. The van der Waals surface area contributed by atoms with Crippen molar-refractivity contribution in [3.8, 4) is 0 Å². The molecule has 0 saturated carbocycles. The number of hydrogen-bond acceptors (Lipinski definition) is 7. The van der Waals surface area contributed by atoms with Crippen LogP contribution in [0.5, 0.6) is 0 Å². The van der Waals surface area contributed by atoms with Gasteiger partial charge in [0, 0.05) is 48.9 Å². The zero-order valence-electron chi connectivity index (χ0n) is 17.2. The lowest BCUT2D eigenvalue weighted by Crippen LogP contribution is -2.36. The van der Waals surface area contributed by atoms with Crippen LogP contribution in [0.25, 0.3) is 0 Å². The van der Waals surface area contributed by atoms with Crippen molar-refractivity contribution in [2.24, 2.45) is 4.99 Å². The maximum absolute atomic E-state index is 6.44. The Kier molecular flexibility index (Phi) is 5.96. The lowest BCUT2D eigenvalue weighted by Gasteiger charge is -2.28. The second kappa shape index (κ2) is 8.81. The lowest BCUT2D eigenvalue weighted by atomic mass is 10.0. The highest BCUT2D eigenvalue weighted by Crippen LogP contribution is 2.38. The van der Waals surface area contributed by atoms with Gasteiger partial charge in [-0.3, -0.25) is 10.1 Å². The zero-order valence-corrected chi connectivity index (χ0v) is 18.0. The molecule has 0 aromatic carbocycles. The summed E-state index contributed by atoms with van der Waals surface area (Å²) in [6.07, 6.45) is 5.17. The lowest BCUT2D eigenvalue weighted by molar-refractivity contribution is 0.122. The summed E-state index contributed by atoms with van der Waals surface area (Å²) < 4.78 is 5.45. The Morgan fingerprint density at radius 3 is 2.70 bits per heavy atom. The minimum Gasteiger partial charge on any atom is -0.378 e. The predicted octanol–water partition coefficient (Wildman–Crippen LogP) is 4.25. The number of anilines is 3. The van der Waals surface area contributed by atoms with Crippen LogP contribution < -0.4 is 10.2 Å². The van der Waals surface area contributed by atoms with Crippen molar-refractivity contribution < 1.29 is 4.74 Å². The van der Waals surface area contributed by atoms with Gasteiger partial charge in [-0.1, -0.05) is 25.4 Å². The molecule has 30 heavy (non-hydrogen) atoms. The zero-order chi connectivity index (χ0) is 21.1. The van der Waals surface area contributed by atoms with Gasteiger partial charge < -0.3 is 15.0 Å². The highest BCUT2D eigenvalue weighted by atomic mass is 35.5. The highest BCUT2D eigenvalue weighted by Gasteiger charge is 2.24. The molecule has 8 nitrogen and oxygen atoms in total. The predicted molar refractivity (Wildman–Crippen MR) is 120 cm³/mol. The van der Waals surface area contributed by atoms with E-state index in [-0.39, 0.29) is 0 Å². The van der Waals surface area contributed by atoms with Crippen LogP contribution in [-0.2, 0) is 4.74 Å². The van der Waals surface area contributed by atoms with E-state index in [1.54, 1.807) is 12.4 Å². The van der Waals surface area contributed by atoms with E-state index in [2.05, 4.69) is 25.4 Å². The third kappa shape index (κ3) is 3.76. The minimum absolute atomic E-state index is 0.536. The van der Waals surface area contributed by atoms with Crippen molar-refractivity contribution in [1.82, 2.24) is 20.2 Å². The Hall–Kier alpha value is -2.97. The molecule has 0 radical (unpaired) electrons. The van der Waals surface area contributed by atoms with Gasteiger partial charge in [0.05, 0.1) is 35.3 Å². The number of fused-ring (bicyclic) bond motifs is 2. The summed E-state index contributed by atoms with van der Waals surface area (Å²) in [6, 6.07) is 3.89. The molecule has 1 saturated heterocycles. The van der Waals surface area contributed by atoms with E-state index in [0.29, 0.717) is 24.1 Å². The molecule has 2 aliphatic rings. The molecule has 0 amide bonds. The number of nitrogens with zero attached hydrogens (tertiary/aromatic N) is 5. The van der Waals surface area contributed by atoms with Crippen molar-refractivity contribution in [3.05, 3.63) is 52.6 Å². The highest BCUT2D eigenvalue weighted by molar-refractivity contribution is 6.36. The van der Waals surface area contributed by atoms with Gasteiger partial charge in [-0.25, -0.2) is 9.98 Å². The Bertz CT molecular complexity index is 1070. The molecule has 3 aromatic heterocycles. The fraction of sp³-hybridized carbons (Fsp3) is 0.333. The van der Waals surface area contributed by atoms with Gasteiger partial charge in [0.25, 0.3) is 0 Å². The van der Waals surface area contributed by atoms with E-state index in [1.165, 1.54) is 0 Å². The molecule has 156 valence electrons. The molecule has 0 aliphatic carbocycles. The van der Waals surface area contributed by atoms with Gasteiger partial charge in [0.1, 0.15) is 11.5 Å². The number of H-pyrrole nitrogens is 1. The summed E-state index contributed by atoms with van der Waals surface area (Å²) in [4.78, 5) is 15.9. The number of aromatic amines is 1. The first-order chi connectivity index (χ1) is 14.7. The van der Waals surface area contributed by atoms with Crippen LogP contribution in [0, 0.1) is 6.92 Å². The van der Waals surface area contributed by atoms with E-state index < -0.39 is 0 Å². The second-order valence-corrected chi connectivity index (χ2v) is 7.08. The standard InChI is InChI=1S/C19H18ClN7O.C2H6/c1-11-17-19(26-25-11)23-15-8-16(27-4-6-28-7-5-27)22-9-13(15)18(24-17)12-2-3-21-10-14(12)20;1-2/h2-3,8-10H,4-7H2,1H3,(H2,23,25,26);1-2H3. The normalized spacial score (nSPS) is 15.1. The van der Waals surface area contributed by atoms with Gasteiger partial charge in [-0.15, -0.1) is 0 Å². The van der Waals surface area contributed by atoms with Gasteiger partial charge in [-0.2, -0.15) is 5.10 Å². The van der Waals surface area contributed by atoms with Gasteiger partial charge in [0.15, 0.2) is 5.82 Å². The fourth-order valence-electron chi connectivity index (χ4n) is 3.42. The van der Waals surface area contributed by atoms with Crippen molar-refractivity contribution in [1.29, 1.82) is 0 Å². The van der Waals surface area contributed by atoms with E-state index in [0.717, 1.165) is 52.8 Å². The number of rotatable bonds is 2. The summed E-state index contributed by atoms with van der Waals surface area (Å²) in [5.74, 6) is 1.57. The topological polar surface area (TPSA) is 91.3 Å². The summed E-state index contributed by atoms with van der Waals surface area (Å²) in [7, 11) is 0. The SMILES string of the molecule is CC.Cc1[nH]nc2c1N=C(c1ccncc1Cl)c1cnc(N3CCOCC3)cc1N2. The Balaban J connectivity index is 0.00000106. The first-order valence-electron chi connectivity index (χ1n) is 10.0. The number of morpholine rings is 1. The largest absolute Gasteiger partial charge is 0.378 e. The van der Waals surface area contributed by atoms with Crippen molar-refractivity contribution in [2.45, 2.75) is 20.8 Å². The number of ether oxygens (including phenoxy) is 1. The Labute approximate surface area is 180 Å². The molecule has 2 aliphatic heterocycles. The maximum atomic E-state index is 6.44. The third-order valence-corrected chi connectivity index (χ3v) is 5.20. The quantitative estimate of drug-likeness (QED) is 0.498. The third-order valence-electron chi connectivity index (χ3n) is 4.90. The molecule has 0 bridgehead atoms. The maximum Gasteiger partial charge on any atom is 0.178 e. The number of aromatic nitrogens is 4. The molecule has 2 N–H and O–H groups in total. The van der Waals surface area contributed by atoms with Crippen LogP contribution in [0.2, 0.25) is 5.02 Å². The summed E-state index contributed by atoms with van der Waals surface area (Å²) in [6.45, 7) is 8.98. The fourth-order valence-corrected chi connectivity index (χ4v) is 3.63. The smallest absolute Gasteiger partial charge is 0.178 e. The number of halogens is 1. The monoisotopic (exact) mass is 425 g/mol. The molecule has 1 fully saturated rings. The molecule has 5 heterocycles. The van der Waals surface area contributed by atoms with Crippen LogP contribution in [0.1, 0.15) is 30.7 Å². The van der Waals surface area contributed by atoms with Gasteiger partial charge in [-0.05, 0) is 13.0 Å². The first-order valence-corrected chi connectivity index (χ1v) is 10.4. The van der Waals surface area contributed by atoms with E-state index in [4.69, 9.17) is 26.3 Å². The van der Waals surface area contributed by atoms with Crippen molar-refractivity contribution in [2.75, 3.05) is 36.5 Å². The average Bonchev–Trinajstić information content (AvgIpc) is 3.04. The number of pyridine rings is 2. The van der Waals surface area contributed by atoms with Crippen LogP contribution in [-0.4, -0.2) is 52.2 Å². The molecule has 5 rings (SSSR count). The van der Waals surface area contributed by atoms with E-state index in [1.807, 2.05) is 39.1 Å².